The molecule has 1 aromatic heterocycles. The minimum atomic E-state index is 0.0132. The first-order valence-electron chi connectivity index (χ1n) is 6.69. The Hall–Kier alpha value is -1.10. The maximum Gasteiger partial charge on any atom is 0.263 e. The molecule has 2 aliphatic rings. The largest absolute Gasteiger partial charge is 0.375 e. The first-order valence-corrected chi connectivity index (χ1v) is 7.50. The molecule has 98 valence electrons. The number of fused-ring (bicyclic) bond motifs is 1. The number of thiazole rings is 1. The molecule has 3 unspecified atom stereocenters. The third-order valence-corrected chi connectivity index (χ3v) is 5.40. The predicted molar refractivity (Wildman–Crippen MR) is 72.6 cm³/mol. The highest BCUT2D eigenvalue weighted by Crippen LogP contribution is 2.44. The van der Waals surface area contributed by atoms with Crippen molar-refractivity contribution in [1.29, 1.82) is 0 Å². The molecule has 0 aromatic carbocycles. The topological polar surface area (TPSA) is 68.0 Å². The van der Waals surface area contributed by atoms with E-state index in [0.29, 0.717) is 22.0 Å². The Morgan fingerprint density at radius 1 is 1.39 bits per heavy atom. The van der Waals surface area contributed by atoms with Crippen LogP contribution in [0.15, 0.2) is 0 Å². The van der Waals surface area contributed by atoms with Crippen molar-refractivity contribution >= 4 is 22.4 Å². The van der Waals surface area contributed by atoms with Gasteiger partial charge in [0.1, 0.15) is 4.88 Å². The van der Waals surface area contributed by atoms with Crippen LogP contribution in [-0.2, 0) is 0 Å². The summed E-state index contributed by atoms with van der Waals surface area (Å²) in [5.41, 5.74) is 6.38. The van der Waals surface area contributed by atoms with Gasteiger partial charge in [0, 0.05) is 6.04 Å². The second-order valence-electron chi connectivity index (χ2n) is 5.48. The van der Waals surface area contributed by atoms with E-state index in [-0.39, 0.29) is 5.91 Å². The van der Waals surface area contributed by atoms with Crippen molar-refractivity contribution < 1.29 is 4.79 Å². The second-order valence-corrected chi connectivity index (χ2v) is 6.51. The van der Waals surface area contributed by atoms with Crippen LogP contribution in [-0.4, -0.2) is 16.9 Å². The van der Waals surface area contributed by atoms with Crippen LogP contribution >= 0.6 is 11.3 Å². The average Bonchev–Trinajstić information content (AvgIpc) is 2.96. The van der Waals surface area contributed by atoms with Crippen LogP contribution in [0.25, 0.3) is 0 Å². The number of nitrogens with one attached hydrogen (secondary N) is 1. The van der Waals surface area contributed by atoms with Gasteiger partial charge in [-0.05, 0) is 38.0 Å². The lowest BCUT2D eigenvalue weighted by atomic mass is 9.97. The maximum absolute atomic E-state index is 12.2. The number of carbonyl (C=O) groups excluding carboxylic acids is 1. The number of aryl methyl sites for hydroxylation is 1. The molecule has 0 radical (unpaired) electrons. The Kier molecular flexibility index (Phi) is 3.01. The number of aromatic nitrogens is 1. The molecular formula is C13H19N3OS. The van der Waals surface area contributed by atoms with Crippen LogP contribution in [0.5, 0.6) is 0 Å². The molecule has 0 aliphatic heterocycles. The van der Waals surface area contributed by atoms with Gasteiger partial charge >= 0.3 is 0 Å². The van der Waals surface area contributed by atoms with E-state index in [1.165, 1.54) is 37.0 Å². The number of hydrogen-bond donors (Lipinski definition) is 2. The van der Waals surface area contributed by atoms with E-state index >= 15 is 0 Å². The number of hydrogen-bond acceptors (Lipinski definition) is 4. The summed E-state index contributed by atoms with van der Waals surface area (Å²) >= 11 is 1.29. The van der Waals surface area contributed by atoms with Gasteiger partial charge in [0.15, 0.2) is 5.13 Å². The van der Waals surface area contributed by atoms with E-state index in [1.54, 1.807) is 0 Å². The van der Waals surface area contributed by atoms with Crippen molar-refractivity contribution in [2.75, 3.05) is 5.73 Å². The van der Waals surface area contributed by atoms with Crippen LogP contribution in [0.1, 0.15) is 47.5 Å². The van der Waals surface area contributed by atoms with Crippen molar-refractivity contribution in [1.82, 2.24) is 10.3 Å². The summed E-state index contributed by atoms with van der Waals surface area (Å²) in [6.45, 7) is 1.84. The summed E-state index contributed by atoms with van der Waals surface area (Å²) in [6.07, 6.45) is 6.37. The molecule has 2 aliphatic carbocycles. The summed E-state index contributed by atoms with van der Waals surface area (Å²) in [5.74, 6) is 1.57. The fraction of sp³-hybridized carbons (Fsp3) is 0.692. The zero-order valence-electron chi connectivity index (χ0n) is 10.6. The molecule has 2 saturated carbocycles. The quantitative estimate of drug-likeness (QED) is 0.862. The Balaban J connectivity index is 1.69. The molecule has 0 spiro atoms. The van der Waals surface area contributed by atoms with Crippen molar-refractivity contribution in [3.05, 3.63) is 10.6 Å². The Morgan fingerprint density at radius 2 is 2.22 bits per heavy atom. The third kappa shape index (κ3) is 2.00. The first-order chi connectivity index (χ1) is 8.65. The summed E-state index contributed by atoms with van der Waals surface area (Å²) < 4.78 is 0. The third-order valence-electron chi connectivity index (χ3n) is 4.42. The number of amides is 1. The molecule has 1 amide bonds. The molecule has 0 saturated heterocycles. The summed E-state index contributed by atoms with van der Waals surface area (Å²) in [5, 5.41) is 3.67. The van der Waals surface area contributed by atoms with Gasteiger partial charge in [0.05, 0.1) is 5.69 Å². The fourth-order valence-electron chi connectivity index (χ4n) is 3.60. The van der Waals surface area contributed by atoms with Gasteiger partial charge < -0.3 is 11.1 Å². The molecule has 3 rings (SSSR count). The smallest absolute Gasteiger partial charge is 0.263 e. The second kappa shape index (κ2) is 4.53. The molecule has 1 aromatic rings. The van der Waals surface area contributed by atoms with Gasteiger partial charge in [-0.15, -0.1) is 0 Å². The molecule has 1 heterocycles. The van der Waals surface area contributed by atoms with E-state index in [4.69, 9.17) is 5.73 Å². The zero-order chi connectivity index (χ0) is 12.7. The Labute approximate surface area is 111 Å². The molecule has 2 fully saturated rings. The number of carbonyl (C=O) groups is 1. The van der Waals surface area contributed by atoms with Crippen molar-refractivity contribution in [3.63, 3.8) is 0 Å². The van der Waals surface area contributed by atoms with Gasteiger partial charge in [-0.1, -0.05) is 24.2 Å². The van der Waals surface area contributed by atoms with E-state index < -0.39 is 0 Å². The normalized spacial score (nSPS) is 30.4. The van der Waals surface area contributed by atoms with Gasteiger partial charge in [-0.25, -0.2) is 4.98 Å². The van der Waals surface area contributed by atoms with Crippen LogP contribution in [0.2, 0.25) is 0 Å². The number of nitrogen functional groups attached to an aromatic ring is 1. The number of anilines is 1. The van der Waals surface area contributed by atoms with Crippen LogP contribution in [0.3, 0.4) is 0 Å². The van der Waals surface area contributed by atoms with Crippen LogP contribution in [0.4, 0.5) is 5.13 Å². The molecular weight excluding hydrogens is 246 g/mol. The number of nitrogens with zero attached hydrogens (tertiary/aromatic N) is 1. The molecule has 3 atom stereocenters. The highest BCUT2D eigenvalue weighted by atomic mass is 32.1. The fourth-order valence-corrected chi connectivity index (χ4v) is 4.34. The van der Waals surface area contributed by atoms with Crippen molar-refractivity contribution in [2.24, 2.45) is 11.8 Å². The summed E-state index contributed by atoms with van der Waals surface area (Å²) in [4.78, 5) is 17.0. The Morgan fingerprint density at radius 3 is 2.94 bits per heavy atom. The first kappa shape index (κ1) is 12.0. The standard InChI is InChI=1S/C13H19N3OS/c1-7-11(18-13(14)15-7)12(17)16-10-6-5-8-3-2-4-9(8)10/h8-10H,2-6H2,1H3,(H2,14,15)(H,16,17). The lowest BCUT2D eigenvalue weighted by Crippen LogP contribution is -2.37. The minimum absolute atomic E-state index is 0.0132. The lowest BCUT2D eigenvalue weighted by molar-refractivity contribution is 0.0930. The molecule has 18 heavy (non-hydrogen) atoms. The minimum Gasteiger partial charge on any atom is -0.375 e. The summed E-state index contributed by atoms with van der Waals surface area (Å²) in [6, 6.07) is 0.368. The summed E-state index contributed by atoms with van der Waals surface area (Å²) in [7, 11) is 0. The lowest BCUT2D eigenvalue weighted by Gasteiger charge is -2.19. The van der Waals surface area contributed by atoms with E-state index in [0.717, 1.165) is 18.0 Å². The molecule has 0 bridgehead atoms. The van der Waals surface area contributed by atoms with Gasteiger partial charge in [-0.2, -0.15) is 0 Å². The predicted octanol–water partition coefficient (Wildman–Crippen LogP) is 2.34. The van der Waals surface area contributed by atoms with Crippen LogP contribution in [0, 0.1) is 18.8 Å². The maximum atomic E-state index is 12.2. The Bertz CT molecular complexity index is 471. The SMILES string of the molecule is Cc1nc(N)sc1C(=O)NC1CCC2CCCC21. The van der Waals surface area contributed by atoms with E-state index in [9.17, 15) is 4.79 Å². The van der Waals surface area contributed by atoms with Crippen LogP contribution < -0.4 is 11.1 Å². The molecule has 3 N–H and O–H groups in total. The zero-order valence-corrected chi connectivity index (χ0v) is 11.4. The number of rotatable bonds is 2. The molecule has 4 nitrogen and oxygen atoms in total. The van der Waals surface area contributed by atoms with Crippen molar-refractivity contribution in [2.45, 2.75) is 45.1 Å². The molecule has 5 heteroatoms. The van der Waals surface area contributed by atoms with Gasteiger partial charge in [0.25, 0.3) is 5.91 Å². The van der Waals surface area contributed by atoms with E-state index in [1.807, 2.05) is 6.92 Å². The van der Waals surface area contributed by atoms with Gasteiger partial charge in [0.2, 0.25) is 0 Å². The average molecular weight is 265 g/mol. The van der Waals surface area contributed by atoms with Gasteiger partial charge in [-0.3, -0.25) is 4.79 Å². The monoisotopic (exact) mass is 265 g/mol. The highest BCUT2D eigenvalue weighted by Gasteiger charge is 2.39. The number of nitrogens with two attached hydrogens (primary N) is 1. The highest BCUT2D eigenvalue weighted by molar-refractivity contribution is 7.17. The van der Waals surface area contributed by atoms with E-state index in [2.05, 4.69) is 10.3 Å². The van der Waals surface area contributed by atoms with Crippen molar-refractivity contribution in [3.8, 4) is 0 Å².